The lowest BCUT2D eigenvalue weighted by atomic mass is 10.1. The van der Waals surface area contributed by atoms with Crippen LogP contribution < -0.4 is 4.90 Å². The van der Waals surface area contributed by atoms with E-state index in [1.807, 2.05) is 11.9 Å². The molecule has 0 spiro atoms. The molecule has 2 aliphatic heterocycles. The molecular weight excluding hydrogens is 295 g/mol. The summed E-state index contributed by atoms with van der Waals surface area (Å²) < 4.78 is 44.3. The molecule has 3 rings (SSSR count). The summed E-state index contributed by atoms with van der Waals surface area (Å²) in [6.45, 7) is 2.84. The average molecular weight is 311 g/mol. The zero-order valence-corrected chi connectivity index (χ0v) is 12.1. The van der Waals surface area contributed by atoms with Crippen molar-refractivity contribution < 1.29 is 17.9 Å². The summed E-state index contributed by atoms with van der Waals surface area (Å²) in [7, 11) is 2.02. The number of halogens is 3. The highest BCUT2D eigenvalue weighted by Gasteiger charge is 2.39. The molecule has 2 aliphatic rings. The SMILES string of the molecule is CN1CCO[C@H]2CN(c3ccc(C(F)(F)F)c(C#N)c3)C[C@@H]21. The summed E-state index contributed by atoms with van der Waals surface area (Å²) >= 11 is 0. The Balaban J connectivity index is 1.86. The molecule has 0 N–H and O–H groups in total. The van der Waals surface area contributed by atoms with Gasteiger partial charge in [0.15, 0.2) is 0 Å². The molecule has 118 valence electrons. The largest absolute Gasteiger partial charge is 0.417 e. The maximum absolute atomic E-state index is 12.8. The van der Waals surface area contributed by atoms with E-state index >= 15 is 0 Å². The Morgan fingerprint density at radius 3 is 2.73 bits per heavy atom. The zero-order valence-electron chi connectivity index (χ0n) is 12.1. The second-order valence-electron chi connectivity index (χ2n) is 5.70. The number of ether oxygens (including phenoxy) is 1. The molecule has 2 atom stereocenters. The monoisotopic (exact) mass is 311 g/mol. The third kappa shape index (κ3) is 2.64. The van der Waals surface area contributed by atoms with E-state index in [2.05, 4.69) is 4.90 Å². The molecule has 0 aromatic heterocycles. The Morgan fingerprint density at radius 1 is 1.32 bits per heavy atom. The smallest absolute Gasteiger partial charge is 0.373 e. The van der Waals surface area contributed by atoms with Crippen molar-refractivity contribution in [3.63, 3.8) is 0 Å². The first-order valence-corrected chi connectivity index (χ1v) is 7.08. The first-order chi connectivity index (χ1) is 10.4. The molecule has 0 saturated carbocycles. The Hall–Kier alpha value is -1.78. The molecule has 4 nitrogen and oxygen atoms in total. The molecule has 0 unspecified atom stereocenters. The molecule has 1 aromatic rings. The van der Waals surface area contributed by atoms with Crippen molar-refractivity contribution in [1.82, 2.24) is 4.90 Å². The number of benzene rings is 1. The van der Waals surface area contributed by atoms with Crippen molar-refractivity contribution in [3.05, 3.63) is 29.3 Å². The van der Waals surface area contributed by atoms with Crippen LogP contribution in [-0.2, 0) is 10.9 Å². The number of hydrogen-bond donors (Lipinski definition) is 0. The highest BCUT2D eigenvalue weighted by Crippen LogP contribution is 2.35. The van der Waals surface area contributed by atoms with E-state index in [9.17, 15) is 13.2 Å². The van der Waals surface area contributed by atoms with Gasteiger partial charge in [-0.1, -0.05) is 0 Å². The van der Waals surface area contributed by atoms with E-state index in [4.69, 9.17) is 10.00 Å². The van der Waals surface area contributed by atoms with Crippen molar-refractivity contribution in [3.8, 4) is 6.07 Å². The molecule has 1 aromatic carbocycles. The predicted octanol–water partition coefficient (Wildman–Crippen LogP) is 2.10. The molecule has 22 heavy (non-hydrogen) atoms. The van der Waals surface area contributed by atoms with Crippen LogP contribution in [0.4, 0.5) is 18.9 Å². The number of nitriles is 1. The molecule has 2 fully saturated rings. The molecule has 0 aliphatic carbocycles. The normalized spacial score (nSPS) is 25.9. The van der Waals surface area contributed by atoms with Gasteiger partial charge < -0.3 is 9.64 Å². The Morgan fingerprint density at radius 2 is 2.09 bits per heavy atom. The van der Waals surface area contributed by atoms with E-state index in [1.54, 1.807) is 6.07 Å². The number of likely N-dealkylation sites (N-methyl/N-ethyl adjacent to an activating group) is 1. The fraction of sp³-hybridized carbons (Fsp3) is 0.533. The Bertz CT molecular complexity index is 611. The zero-order chi connectivity index (χ0) is 15.9. The van der Waals surface area contributed by atoms with Crippen molar-refractivity contribution in [2.24, 2.45) is 0 Å². The summed E-state index contributed by atoms with van der Waals surface area (Å²) in [5, 5.41) is 9.00. The standard InChI is InChI=1S/C15H16F3N3O/c1-20-4-5-22-14-9-21(8-13(14)20)11-2-3-12(15(16,17)18)10(6-11)7-19/h2-3,6,13-14H,4-5,8-9H2,1H3/t13-,14-/m0/s1. The number of hydrogen-bond acceptors (Lipinski definition) is 4. The number of alkyl halides is 3. The number of morpholine rings is 1. The Labute approximate surface area is 126 Å². The fourth-order valence-electron chi connectivity index (χ4n) is 3.14. The molecule has 2 saturated heterocycles. The van der Waals surface area contributed by atoms with Crippen LogP contribution in [0.3, 0.4) is 0 Å². The van der Waals surface area contributed by atoms with Crippen LogP contribution in [0.1, 0.15) is 11.1 Å². The number of nitrogens with zero attached hydrogens (tertiary/aromatic N) is 3. The van der Waals surface area contributed by atoms with Crippen molar-refractivity contribution >= 4 is 5.69 Å². The van der Waals surface area contributed by atoms with E-state index in [0.29, 0.717) is 25.4 Å². The van der Waals surface area contributed by atoms with Crippen LogP contribution in [0.2, 0.25) is 0 Å². The van der Waals surface area contributed by atoms with Gasteiger partial charge in [0.1, 0.15) is 0 Å². The van der Waals surface area contributed by atoms with Gasteiger partial charge in [0, 0.05) is 25.3 Å². The van der Waals surface area contributed by atoms with Gasteiger partial charge in [-0.25, -0.2) is 0 Å². The van der Waals surface area contributed by atoms with Gasteiger partial charge in [0.2, 0.25) is 0 Å². The van der Waals surface area contributed by atoms with E-state index < -0.39 is 11.7 Å². The predicted molar refractivity (Wildman–Crippen MR) is 74.5 cm³/mol. The van der Waals surface area contributed by atoms with E-state index in [1.165, 1.54) is 12.1 Å². The number of fused-ring (bicyclic) bond motifs is 1. The quantitative estimate of drug-likeness (QED) is 0.796. The molecule has 7 heteroatoms. The van der Waals surface area contributed by atoms with Crippen molar-refractivity contribution in [1.29, 1.82) is 5.26 Å². The number of rotatable bonds is 1. The van der Waals surface area contributed by atoms with Gasteiger partial charge in [0.25, 0.3) is 0 Å². The minimum atomic E-state index is -4.51. The van der Waals surface area contributed by atoms with Crippen LogP contribution in [0.5, 0.6) is 0 Å². The second kappa shape index (κ2) is 5.45. The second-order valence-corrected chi connectivity index (χ2v) is 5.70. The summed E-state index contributed by atoms with van der Waals surface area (Å²) in [6.07, 6.45) is -4.45. The summed E-state index contributed by atoms with van der Waals surface area (Å²) in [4.78, 5) is 4.20. The third-order valence-electron chi connectivity index (χ3n) is 4.37. The summed E-state index contributed by atoms with van der Waals surface area (Å²) in [6, 6.07) is 5.62. The fourth-order valence-corrected chi connectivity index (χ4v) is 3.14. The van der Waals surface area contributed by atoms with Crippen molar-refractivity contribution in [2.45, 2.75) is 18.3 Å². The topological polar surface area (TPSA) is 39.5 Å². The first-order valence-electron chi connectivity index (χ1n) is 7.08. The lowest BCUT2D eigenvalue weighted by Crippen LogP contribution is -2.48. The van der Waals surface area contributed by atoms with Crippen LogP contribution >= 0.6 is 0 Å². The average Bonchev–Trinajstić information content (AvgIpc) is 2.91. The third-order valence-corrected chi connectivity index (χ3v) is 4.37. The van der Waals surface area contributed by atoms with Crippen LogP contribution in [0.15, 0.2) is 18.2 Å². The van der Waals surface area contributed by atoms with Gasteiger partial charge >= 0.3 is 6.18 Å². The van der Waals surface area contributed by atoms with Gasteiger partial charge in [0.05, 0.1) is 35.9 Å². The minimum Gasteiger partial charge on any atom is -0.373 e. The van der Waals surface area contributed by atoms with Crippen LogP contribution in [0, 0.1) is 11.3 Å². The van der Waals surface area contributed by atoms with Crippen LogP contribution in [-0.4, -0.2) is 50.3 Å². The lowest BCUT2D eigenvalue weighted by molar-refractivity contribution is -0.137. The lowest BCUT2D eigenvalue weighted by Gasteiger charge is -2.33. The first kappa shape index (κ1) is 15.1. The maximum atomic E-state index is 12.8. The van der Waals surface area contributed by atoms with Gasteiger partial charge in [-0.2, -0.15) is 18.4 Å². The highest BCUT2D eigenvalue weighted by molar-refractivity contribution is 5.56. The van der Waals surface area contributed by atoms with E-state index in [0.717, 1.165) is 12.6 Å². The van der Waals surface area contributed by atoms with Gasteiger partial charge in [-0.05, 0) is 25.2 Å². The Kier molecular flexibility index (Phi) is 3.75. The number of anilines is 1. The summed E-state index contributed by atoms with van der Waals surface area (Å²) in [5.41, 5.74) is -0.589. The molecule has 0 bridgehead atoms. The highest BCUT2D eigenvalue weighted by atomic mass is 19.4. The molecular formula is C15H16F3N3O. The maximum Gasteiger partial charge on any atom is 0.417 e. The minimum absolute atomic E-state index is 0.0616. The van der Waals surface area contributed by atoms with Gasteiger partial charge in [-0.15, -0.1) is 0 Å². The van der Waals surface area contributed by atoms with Crippen LogP contribution in [0.25, 0.3) is 0 Å². The van der Waals surface area contributed by atoms with E-state index in [-0.39, 0.29) is 17.7 Å². The summed E-state index contributed by atoms with van der Waals surface area (Å²) in [5.74, 6) is 0. The molecule has 2 heterocycles. The molecule has 0 radical (unpaired) electrons. The molecule has 0 amide bonds. The van der Waals surface area contributed by atoms with Gasteiger partial charge in [-0.3, -0.25) is 4.90 Å². The van der Waals surface area contributed by atoms with Crippen molar-refractivity contribution in [2.75, 3.05) is 38.2 Å².